The van der Waals surface area contributed by atoms with Gasteiger partial charge in [-0.3, -0.25) is 4.79 Å². The number of nitrogens with zero attached hydrogens (tertiary/aromatic N) is 2. The molecule has 26 heavy (non-hydrogen) atoms. The summed E-state index contributed by atoms with van der Waals surface area (Å²) in [5.74, 6) is 1.49. The monoisotopic (exact) mass is 398 g/mol. The number of carbonyl (C=O) groups is 1. The molecule has 1 aromatic heterocycles. The third-order valence-corrected chi connectivity index (χ3v) is 4.56. The van der Waals surface area contributed by atoms with Gasteiger partial charge in [-0.25, -0.2) is 4.98 Å². The average molecular weight is 399 g/mol. The molecular formula is C19H28Cl2N4O. The maximum atomic E-state index is 12.2. The number of imidazole rings is 1. The predicted octanol–water partition coefficient (Wildman–Crippen LogP) is 3.24. The van der Waals surface area contributed by atoms with Gasteiger partial charge in [0.15, 0.2) is 0 Å². The Labute approximate surface area is 167 Å². The number of hydrogen-bond acceptors (Lipinski definition) is 3. The molecule has 0 saturated heterocycles. The molecule has 0 aliphatic carbocycles. The van der Waals surface area contributed by atoms with E-state index in [1.54, 1.807) is 6.20 Å². The molecule has 2 N–H and O–H groups in total. The lowest BCUT2D eigenvalue weighted by molar-refractivity contribution is -0.121. The Morgan fingerprint density at radius 3 is 2.88 bits per heavy atom. The molecule has 0 bridgehead atoms. The van der Waals surface area contributed by atoms with E-state index in [2.05, 4.69) is 58.3 Å². The first-order chi connectivity index (χ1) is 11.6. The van der Waals surface area contributed by atoms with Crippen LogP contribution in [-0.2, 0) is 17.8 Å². The van der Waals surface area contributed by atoms with E-state index in [1.807, 2.05) is 6.20 Å². The second-order valence-corrected chi connectivity index (χ2v) is 6.64. The van der Waals surface area contributed by atoms with Crippen LogP contribution in [0, 0.1) is 0 Å². The number of nitrogens with one attached hydrogen (secondary N) is 2. The number of halogens is 2. The lowest BCUT2D eigenvalue weighted by atomic mass is 9.94. The van der Waals surface area contributed by atoms with Gasteiger partial charge in [0.25, 0.3) is 0 Å². The molecule has 3 rings (SSSR count). The van der Waals surface area contributed by atoms with E-state index in [0.717, 1.165) is 18.8 Å². The third kappa shape index (κ3) is 5.47. The van der Waals surface area contributed by atoms with Crippen molar-refractivity contribution in [3.05, 3.63) is 53.6 Å². The first kappa shape index (κ1) is 22.5. The zero-order chi connectivity index (χ0) is 16.9. The number of carbonyl (C=O) groups excluding carboxylic acids is 1. The Balaban J connectivity index is 0.00000169. The molecule has 0 fully saturated rings. The van der Waals surface area contributed by atoms with Crippen molar-refractivity contribution in [3.63, 3.8) is 0 Å². The van der Waals surface area contributed by atoms with Crippen molar-refractivity contribution < 1.29 is 4.79 Å². The molecule has 1 unspecified atom stereocenters. The van der Waals surface area contributed by atoms with Crippen molar-refractivity contribution in [1.82, 2.24) is 20.2 Å². The van der Waals surface area contributed by atoms with Crippen molar-refractivity contribution >= 4 is 30.7 Å². The minimum Gasteiger partial charge on any atom is -0.354 e. The van der Waals surface area contributed by atoms with E-state index in [4.69, 9.17) is 0 Å². The highest BCUT2D eigenvalue weighted by Gasteiger charge is 2.19. The van der Waals surface area contributed by atoms with Gasteiger partial charge in [-0.2, -0.15) is 0 Å². The van der Waals surface area contributed by atoms with Crippen LogP contribution in [0.15, 0.2) is 36.7 Å². The summed E-state index contributed by atoms with van der Waals surface area (Å²) < 4.78 is 2.07. The molecule has 1 amide bonds. The van der Waals surface area contributed by atoms with Crippen molar-refractivity contribution in [2.45, 2.75) is 45.2 Å². The first-order valence-corrected chi connectivity index (χ1v) is 8.74. The summed E-state index contributed by atoms with van der Waals surface area (Å²) in [6.07, 6.45) is 5.28. The van der Waals surface area contributed by atoms with Crippen LogP contribution >= 0.6 is 24.8 Å². The summed E-state index contributed by atoms with van der Waals surface area (Å²) in [6.45, 7) is 6.51. The molecule has 2 heterocycles. The molecule has 0 saturated carbocycles. The zero-order valence-electron chi connectivity index (χ0n) is 15.3. The Morgan fingerprint density at radius 1 is 1.35 bits per heavy atom. The Kier molecular flexibility index (Phi) is 9.13. The van der Waals surface area contributed by atoms with Crippen molar-refractivity contribution in [1.29, 1.82) is 0 Å². The Bertz CT molecular complexity index is 702. The second kappa shape index (κ2) is 10.6. The topological polar surface area (TPSA) is 59.0 Å². The molecule has 5 nitrogen and oxygen atoms in total. The molecule has 1 aromatic carbocycles. The van der Waals surface area contributed by atoms with Crippen molar-refractivity contribution in [2.75, 3.05) is 13.1 Å². The molecule has 144 valence electrons. The number of fused-ring (bicyclic) bond motifs is 1. The van der Waals surface area contributed by atoms with E-state index < -0.39 is 0 Å². The fourth-order valence-electron chi connectivity index (χ4n) is 3.31. The van der Waals surface area contributed by atoms with Gasteiger partial charge in [-0.1, -0.05) is 38.1 Å². The largest absolute Gasteiger partial charge is 0.354 e. The predicted molar refractivity (Wildman–Crippen MR) is 109 cm³/mol. The molecule has 1 aliphatic rings. The van der Waals surface area contributed by atoms with Crippen LogP contribution in [0.25, 0.3) is 0 Å². The van der Waals surface area contributed by atoms with Crippen LogP contribution in [0.3, 0.4) is 0 Å². The van der Waals surface area contributed by atoms with Crippen LogP contribution in [0.4, 0.5) is 0 Å². The van der Waals surface area contributed by atoms with E-state index >= 15 is 0 Å². The third-order valence-electron chi connectivity index (χ3n) is 4.56. The minimum atomic E-state index is 0. The van der Waals surface area contributed by atoms with Gasteiger partial charge < -0.3 is 15.2 Å². The first-order valence-electron chi connectivity index (χ1n) is 8.74. The summed E-state index contributed by atoms with van der Waals surface area (Å²) >= 11 is 0. The number of rotatable bonds is 6. The van der Waals surface area contributed by atoms with E-state index in [9.17, 15) is 4.79 Å². The molecule has 7 heteroatoms. The van der Waals surface area contributed by atoms with Crippen LogP contribution in [0.5, 0.6) is 0 Å². The molecule has 0 radical (unpaired) electrons. The Hall–Kier alpha value is -1.56. The second-order valence-electron chi connectivity index (χ2n) is 6.64. The summed E-state index contributed by atoms with van der Waals surface area (Å²) in [6, 6.07) is 8.68. The molecule has 1 atom stereocenters. The number of benzene rings is 1. The van der Waals surface area contributed by atoms with Gasteiger partial charge in [-0.15, -0.1) is 24.8 Å². The number of amides is 1. The van der Waals surface area contributed by atoms with Gasteiger partial charge in [0.2, 0.25) is 5.91 Å². The van der Waals surface area contributed by atoms with Crippen LogP contribution < -0.4 is 10.6 Å². The van der Waals surface area contributed by atoms with Gasteiger partial charge in [-0.05, 0) is 24.1 Å². The normalized spacial score (nSPS) is 15.6. The smallest absolute Gasteiger partial charge is 0.221 e. The lowest BCUT2D eigenvalue weighted by Crippen LogP contribution is -2.39. The highest BCUT2D eigenvalue weighted by molar-refractivity contribution is 5.85. The number of aromatic nitrogens is 2. The van der Waals surface area contributed by atoms with Crippen molar-refractivity contribution in [3.8, 4) is 0 Å². The van der Waals surface area contributed by atoms with E-state index in [-0.39, 0.29) is 36.8 Å². The van der Waals surface area contributed by atoms with Crippen molar-refractivity contribution in [2.24, 2.45) is 0 Å². The highest BCUT2D eigenvalue weighted by Crippen LogP contribution is 2.21. The molecular weight excluding hydrogens is 371 g/mol. The SMILES string of the molecule is CC(C)c1nccn1CCC(=O)NCC1NCCc2ccccc21.Cl.Cl. The fourth-order valence-corrected chi connectivity index (χ4v) is 3.31. The van der Waals surface area contributed by atoms with Gasteiger partial charge in [0.05, 0.1) is 0 Å². The fraction of sp³-hybridized carbons (Fsp3) is 0.474. The average Bonchev–Trinajstić information content (AvgIpc) is 3.07. The summed E-state index contributed by atoms with van der Waals surface area (Å²) in [7, 11) is 0. The summed E-state index contributed by atoms with van der Waals surface area (Å²) in [4.78, 5) is 16.6. The zero-order valence-corrected chi connectivity index (χ0v) is 16.9. The van der Waals surface area contributed by atoms with Gasteiger partial charge in [0, 0.05) is 43.9 Å². The van der Waals surface area contributed by atoms with Gasteiger partial charge >= 0.3 is 0 Å². The maximum Gasteiger partial charge on any atom is 0.221 e. The van der Waals surface area contributed by atoms with E-state index in [1.165, 1.54) is 11.1 Å². The van der Waals surface area contributed by atoms with Gasteiger partial charge in [0.1, 0.15) is 5.82 Å². The number of aryl methyl sites for hydroxylation is 1. The summed E-state index contributed by atoms with van der Waals surface area (Å²) in [5, 5.41) is 6.56. The summed E-state index contributed by atoms with van der Waals surface area (Å²) in [5.41, 5.74) is 2.69. The molecule has 0 spiro atoms. The maximum absolute atomic E-state index is 12.2. The lowest BCUT2D eigenvalue weighted by Gasteiger charge is -2.27. The Morgan fingerprint density at radius 2 is 2.12 bits per heavy atom. The van der Waals surface area contributed by atoms with Crippen LogP contribution in [-0.4, -0.2) is 28.5 Å². The standard InChI is InChI=1S/C19H26N4O.2ClH/c1-14(2)19-21-10-12-23(19)11-8-18(24)22-13-17-16-6-4-3-5-15(16)7-9-20-17;;/h3-6,10,12,14,17,20H,7-9,11,13H2,1-2H3,(H,22,24);2*1H. The number of hydrogen-bond donors (Lipinski definition) is 2. The van der Waals surface area contributed by atoms with Crippen LogP contribution in [0.1, 0.15) is 49.2 Å². The quantitative estimate of drug-likeness (QED) is 0.784. The van der Waals surface area contributed by atoms with Crippen LogP contribution in [0.2, 0.25) is 0 Å². The highest BCUT2D eigenvalue weighted by atomic mass is 35.5. The minimum absolute atomic E-state index is 0. The van der Waals surface area contributed by atoms with E-state index in [0.29, 0.717) is 25.4 Å². The molecule has 1 aliphatic heterocycles. The molecule has 2 aromatic rings.